The zero-order valence-corrected chi connectivity index (χ0v) is 14.0. The van der Waals surface area contributed by atoms with Crippen molar-refractivity contribution in [1.82, 2.24) is 9.11 Å². The van der Waals surface area contributed by atoms with Gasteiger partial charge in [-0.1, -0.05) is 30.3 Å². The van der Waals surface area contributed by atoms with Crippen LogP contribution in [0.5, 0.6) is 5.75 Å². The molecule has 0 amide bonds. The van der Waals surface area contributed by atoms with Crippen molar-refractivity contribution in [2.24, 2.45) is 0 Å². The minimum Gasteiger partial charge on any atom is -0.488 e. The van der Waals surface area contributed by atoms with Crippen LogP contribution >= 0.6 is 0 Å². The monoisotopic (exact) mass is 356 g/mol. The molecule has 0 radical (unpaired) electrons. The summed E-state index contributed by atoms with van der Waals surface area (Å²) in [6.45, 7) is 0.261. The lowest BCUT2D eigenvalue weighted by molar-refractivity contribution is 0.303. The Bertz CT molecular complexity index is 865. The third-order valence-corrected chi connectivity index (χ3v) is 5.64. The highest BCUT2D eigenvalue weighted by Gasteiger charge is 2.19. The van der Waals surface area contributed by atoms with Crippen LogP contribution in [0.3, 0.4) is 0 Å². The first kappa shape index (κ1) is 17.4. The summed E-state index contributed by atoms with van der Waals surface area (Å²) in [7, 11) is -7.92. The maximum Gasteiger partial charge on any atom is 0.228 e. The van der Waals surface area contributed by atoms with Gasteiger partial charge in [0.05, 0.1) is 12.0 Å². The van der Waals surface area contributed by atoms with Gasteiger partial charge < -0.3 is 4.74 Å². The molecular formula is C14H16N2O5S2. The maximum atomic E-state index is 11.9. The minimum atomic E-state index is -4.06. The third-order valence-electron chi connectivity index (χ3n) is 2.72. The summed E-state index contributed by atoms with van der Waals surface area (Å²) in [5, 5.41) is 0. The highest BCUT2D eigenvalue weighted by atomic mass is 32.3. The average molecular weight is 356 g/mol. The van der Waals surface area contributed by atoms with E-state index in [0.29, 0.717) is 5.75 Å². The molecule has 124 valence electrons. The van der Waals surface area contributed by atoms with E-state index in [4.69, 9.17) is 4.74 Å². The number of hydrogen-bond acceptors (Lipinski definition) is 6. The molecule has 0 fully saturated rings. The second-order valence-corrected chi connectivity index (χ2v) is 8.60. The number of nitrogens with zero attached hydrogens (tertiary/aromatic N) is 1. The largest absolute Gasteiger partial charge is 0.488 e. The Balaban J connectivity index is 2.14. The van der Waals surface area contributed by atoms with Crippen molar-refractivity contribution >= 4 is 20.0 Å². The summed E-state index contributed by atoms with van der Waals surface area (Å²) in [5.74, 6) is -0.208. The van der Waals surface area contributed by atoms with Crippen LogP contribution in [-0.2, 0) is 32.4 Å². The average Bonchev–Trinajstić information content (AvgIpc) is 2.44. The molecule has 9 heteroatoms. The van der Waals surface area contributed by atoms with E-state index in [2.05, 4.69) is 4.98 Å². The first-order valence-corrected chi connectivity index (χ1v) is 10.1. The number of ether oxygens (including phenoxy) is 1. The van der Waals surface area contributed by atoms with E-state index in [0.717, 1.165) is 11.8 Å². The number of rotatable bonds is 7. The molecule has 23 heavy (non-hydrogen) atoms. The number of nitrogens with one attached hydrogen (secondary N) is 1. The van der Waals surface area contributed by atoms with Gasteiger partial charge in [0.15, 0.2) is 0 Å². The molecule has 0 bridgehead atoms. The van der Waals surface area contributed by atoms with Crippen LogP contribution in [0.4, 0.5) is 0 Å². The lowest BCUT2D eigenvalue weighted by Crippen LogP contribution is -2.30. The molecule has 0 saturated carbocycles. The van der Waals surface area contributed by atoms with Crippen molar-refractivity contribution in [1.29, 1.82) is 0 Å². The Labute approximate surface area is 135 Å². The van der Waals surface area contributed by atoms with E-state index in [-0.39, 0.29) is 12.2 Å². The van der Waals surface area contributed by atoms with Crippen molar-refractivity contribution in [3.8, 4) is 5.75 Å². The fourth-order valence-corrected chi connectivity index (χ4v) is 4.57. The normalized spacial score (nSPS) is 12.0. The van der Waals surface area contributed by atoms with Crippen LogP contribution in [0.25, 0.3) is 0 Å². The van der Waals surface area contributed by atoms with Crippen molar-refractivity contribution in [3.05, 3.63) is 59.9 Å². The van der Waals surface area contributed by atoms with E-state index in [1.54, 1.807) is 4.13 Å². The van der Waals surface area contributed by atoms with Gasteiger partial charge in [-0.15, -0.1) is 4.13 Å². The first-order chi connectivity index (χ1) is 10.8. The SMILES string of the molecule is CS(=O)(=O)NS(=O)(=O)Cc1cnccc1OCc1ccccc1. The zero-order chi connectivity index (χ0) is 16.9. The molecule has 0 spiro atoms. The molecule has 1 heterocycles. The Morgan fingerprint density at radius 3 is 2.43 bits per heavy atom. The molecule has 1 N–H and O–H groups in total. The number of hydrogen-bond donors (Lipinski definition) is 1. The molecule has 0 aliphatic carbocycles. The first-order valence-electron chi connectivity index (χ1n) is 6.56. The molecule has 0 atom stereocenters. The van der Waals surface area contributed by atoms with Crippen LogP contribution in [-0.4, -0.2) is 28.1 Å². The molecule has 1 aromatic heterocycles. The summed E-state index contributed by atoms with van der Waals surface area (Å²) < 4.78 is 53.2. The Morgan fingerprint density at radius 1 is 1.09 bits per heavy atom. The molecule has 7 nitrogen and oxygen atoms in total. The van der Waals surface area contributed by atoms with Gasteiger partial charge in [0, 0.05) is 18.0 Å². The summed E-state index contributed by atoms with van der Waals surface area (Å²) in [6.07, 6.45) is 3.59. The van der Waals surface area contributed by atoms with Gasteiger partial charge in [0.1, 0.15) is 12.4 Å². The van der Waals surface area contributed by atoms with Crippen LogP contribution in [0.15, 0.2) is 48.8 Å². The predicted octanol–water partition coefficient (Wildman–Crippen LogP) is 1.04. The smallest absolute Gasteiger partial charge is 0.228 e. The topological polar surface area (TPSA) is 102 Å². The summed E-state index contributed by atoms with van der Waals surface area (Å²) in [4.78, 5) is 3.86. The van der Waals surface area contributed by atoms with E-state index in [9.17, 15) is 16.8 Å². The van der Waals surface area contributed by atoms with Gasteiger partial charge in [-0.05, 0) is 11.6 Å². The van der Waals surface area contributed by atoms with E-state index < -0.39 is 25.8 Å². The Hall–Kier alpha value is -1.97. The second-order valence-electron chi connectivity index (χ2n) is 4.87. The van der Waals surface area contributed by atoms with Gasteiger partial charge in [0.2, 0.25) is 20.0 Å². The van der Waals surface area contributed by atoms with Gasteiger partial charge in [-0.25, -0.2) is 16.8 Å². The lowest BCUT2D eigenvalue weighted by atomic mass is 10.2. The summed E-state index contributed by atoms with van der Waals surface area (Å²) >= 11 is 0. The van der Waals surface area contributed by atoms with Crippen LogP contribution in [0.2, 0.25) is 0 Å². The Morgan fingerprint density at radius 2 is 1.78 bits per heavy atom. The van der Waals surface area contributed by atoms with Crippen molar-refractivity contribution in [2.45, 2.75) is 12.4 Å². The number of aromatic nitrogens is 1. The third kappa shape index (κ3) is 5.97. The van der Waals surface area contributed by atoms with Crippen LogP contribution < -0.4 is 8.86 Å². The van der Waals surface area contributed by atoms with E-state index >= 15 is 0 Å². The van der Waals surface area contributed by atoms with Crippen LogP contribution in [0.1, 0.15) is 11.1 Å². The Kier molecular flexibility index (Phi) is 5.34. The summed E-state index contributed by atoms with van der Waals surface area (Å²) in [6, 6.07) is 10.9. The fourth-order valence-electron chi connectivity index (χ4n) is 1.86. The standard InChI is InChI=1S/C14H16N2O5S2/c1-22(17,18)16-23(19,20)11-13-9-15-8-7-14(13)21-10-12-5-3-2-4-6-12/h2-9,16H,10-11H2,1H3. The van der Waals surface area contributed by atoms with Crippen molar-refractivity contribution < 1.29 is 21.6 Å². The van der Waals surface area contributed by atoms with E-state index in [1.165, 1.54) is 18.5 Å². The maximum absolute atomic E-state index is 11.9. The number of pyridine rings is 1. The van der Waals surface area contributed by atoms with E-state index in [1.807, 2.05) is 30.3 Å². The highest BCUT2D eigenvalue weighted by Crippen LogP contribution is 2.20. The van der Waals surface area contributed by atoms with Crippen molar-refractivity contribution in [3.63, 3.8) is 0 Å². The molecule has 2 aromatic rings. The zero-order valence-electron chi connectivity index (χ0n) is 12.3. The number of sulfonamides is 2. The number of benzene rings is 1. The second kappa shape index (κ2) is 7.07. The molecule has 1 aromatic carbocycles. The molecular weight excluding hydrogens is 340 g/mol. The summed E-state index contributed by atoms with van der Waals surface area (Å²) in [5.41, 5.74) is 1.20. The van der Waals surface area contributed by atoms with Gasteiger partial charge in [0.25, 0.3) is 0 Å². The quantitative estimate of drug-likeness (QED) is 0.795. The lowest BCUT2D eigenvalue weighted by Gasteiger charge is -2.11. The molecule has 0 saturated heterocycles. The minimum absolute atomic E-state index is 0.261. The van der Waals surface area contributed by atoms with Crippen LogP contribution in [0, 0.1) is 0 Å². The van der Waals surface area contributed by atoms with Crippen molar-refractivity contribution in [2.75, 3.05) is 6.26 Å². The molecule has 2 rings (SSSR count). The highest BCUT2D eigenvalue weighted by molar-refractivity contribution is 8.04. The van der Waals surface area contributed by atoms with Gasteiger partial charge >= 0.3 is 0 Å². The predicted molar refractivity (Wildman–Crippen MR) is 85.6 cm³/mol. The van der Waals surface area contributed by atoms with Gasteiger partial charge in [-0.3, -0.25) is 4.98 Å². The molecule has 0 aliphatic rings. The molecule has 0 aliphatic heterocycles. The fraction of sp³-hybridized carbons (Fsp3) is 0.214. The van der Waals surface area contributed by atoms with Gasteiger partial charge in [-0.2, -0.15) is 0 Å². The molecule has 0 unspecified atom stereocenters.